The molecule has 2 amide bonds. The maximum absolute atomic E-state index is 12.5. The highest BCUT2D eigenvalue weighted by Crippen LogP contribution is 2.10. The van der Waals surface area contributed by atoms with Gasteiger partial charge in [-0.1, -0.05) is 26.7 Å². The summed E-state index contributed by atoms with van der Waals surface area (Å²) in [5.41, 5.74) is 5.47. The van der Waals surface area contributed by atoms with E-state index in [-0.39, 0.29) is 24.3 Å². The number of rotatable bonds is 17. The number of likely N-dealkylation sites (N-methyl/N-ethyl adjacent to an activating group) is 1. The van der Waals surface area contributed by atoms with Crippen LogP contribution in [0.25, 0.3) is 0 Å². The van der Waals surface area contributed by atoms with Gasteiger partial charge in [-0.05, 0) is 25.3 Å². The molecule has 8 heteroatoms. The minimum atomic E-state index is -0.511. The molecule has 1 atom stereocenters. The molecule has 0 saturated heterocycles. The van der Waals surface area contributed by atoms with Crippen molar-refractivity contribution in [3.8, 4) is 0 Å². The molecule has 160 valence electrons. The van der Waals surface area contributed by atoms with E-state index in [4.69, 9.17) is 19.9 Å². The Labute approximate surface area is 164 Å². The molecule has 0 rings (SSSR count). The average Bonchev–Trinajstić information content (AvgIpc) is 2.63. The molecule has 0 heterocycles. The number of carbonyl (C=O) groups excluding carboxylic acids is 2. The summed E-state index contributed by atoms with van der Waals surface area (Å²) in [7, 11) is 3.25. The third-order valence-corrected chi connectivity index (χ3v) is 4.17. The molecule has 27 heavy (non-hydrogen) atoms. The van der Waals surface area contributed by atoms with E-state index in [1.54, 1.807) is 14.2 Å². The third kappa shape index (κ3) is 12.7. The number of amides is 2. The second-order valence-corrected chi connectivity index (χ2v) is 6.85. The number of hydrogen-bond donors (Lipinski definition) is 2. The fourth-order valence-electron chi connectivity index (χ4n) is 2.64. The number of unbranched alkanes of at least 4 members (excludes halogenated alkanes) is 3. The van der Waals surface area contributed by atoms with Crippen LogP contribution in [0, 0.1) is 5.92 Å². The first-order valence-electron chi connectivity index (χ1n) is 9.83. The number of nitrogens with zero attached hydrogens (tertiary/aromatic N) is 1. The van der Waals surface area contributed by atoms with Gasteiger partial charge in [-0.3, -0.25) is 9.59 Å². The van der Waals surface area contributed by atoms with Gasteiger partial charge in [-0.2, -0.15) is 0 Å². The van der Waals surface area contributed by atoms with E-state index in [9.17, 15) is 9.59 Å². The Morgan fingerprint density at radius 1 is 1.00 bits per heavy atom. The molecule has 0 aromatic heterocycles. The van der Waals surface area contributed by atoms with Crippen molar-refractivity contribution in [1.29, 1.82) is 0 Å². The van der Waals surface area contributed by atoms with Crippen molar-refractivity contribution in [1.82, 2.24) is 10.2 Å². The zero-order valence-corrected chi connectivity index (χ0v) is 17.5. The quantitative estimate of drug-likeness (QED) is 0.357. The van der Waals surface area contributed by atoms with Crippen molar-refractivity contribution in [2.45, 2.75) is 45.6 Å². The summed E-state index contributed by atoms with van der Waals surface area (Å²) >= 11 is 0. The Kier molecular flexibility index (Phi) is 16.2. The Hall–Kier alpha value is -1.22. The molecule has 8 nitrogen and oxygen atoms in total. The second kappa shape index (κ2) is 16.9. The molecule has 0 aliphatic carbocycles. The van der Waals surface area contributed by atoms with E-state index in [2.05, 4.69) is 5.32 Å². The predicted molar refractivity (Wildman–Crippen MR) is 105 cm³/mol. The number of methoxy groups -OCH3 is 1. The molecule has 0 aliphatic heterocycles. The number of carbonyl (C=O) groups is 2. The first kappa shape index (κ1) is 25.8. The molecule has 3 N–H and O–H groups in total. The van der Waals surface area contributed by atoms with Crippen molar-refractivity contribution in [3.05, 3.63) is 0 Å². The number of ether oxygens (including phenoxy) is 3. The van der Waals surface area contributed by atoms with E-state index >= 15 is 0 Å². The summed E-state index contributed by atoms with van der Waals surface area (Å²) in [6.07, 6.45) is 4.04. The van der Waals surface area contributed by atoms with E-state index < -0.39 is 6.04 Å². The maximum atomic E-state index is 12.5. The SMILES string of the molecule is COCCOCCOCC(=O)N(C)C(C(=O)NCCCCCCN)C(C)C. The summed E-state index contributed by atoms with van der Waals surface area (Å²) in [6.45, 7) is 6.86. The van der Waals surface area contributed by atoms with Gasteiger partial charge in [0.05, 0.1) is 26.4 Å². The van der Waals surface area contributed by atoms with Crippen LogP contribution >= 0.6 is 0 Å². The third-order valence-electron chi connectivity index (χ3n) is 4.17. The fourth-order valence-corrected chi connectivity index (χ4v) is 2.64. The van der Waals surface area contributed by atoms with Gasteiger partial charge in [0.1, 0.15) is 12.6 Å². The topological polar surface area (TPSA) is 103 Å². The number of nitrogens with one attached hydrogen (secondary N) is 1. The lowest BCUT2D eigenvalue weighted by Gasteiger charge is -2.30. The van der Waals surface area contributed by atoms with E-state index in [1.807, 2.05) is 13.8 Å². The average molecular weight is 390 g/mol. The van der Waals surface area contributed by atoms with E-state index in [0.717, 1.165) is 25.7 Å². The van der Waals surface area contributed by atoms with Gasteiger partial charge in [-0.25, -0.2) is 0 Å². The predicted octanol–water partition coefficient (Wildman–Crippen LogP) is 0.784. The van der Waals surface area contributed by atoms with E-state index in [0.29, 0.717) is 39.5 Å². The van der Waals surface area contributed by atoms with Crippen LogP contribution in [-0.2, 0) is 23.8 Å². The Balaban J connectivity index is 4.18. The lowest BCUT2D eigenvalue weighted by atomic mass is 10.0. The zero-order valence-electron chi connectivity index (χ0n) is 17.5. The molecule has 0 aromatic carbocycles. The monoisotopic (exact) mass is 389 g/mol. The van der Waals surface area contributed by atoms with Crippen molar-refractivity contribution in [2.24, 2.45) is 11.7 Å². The van der Waals surface area contributed by atoms with Gasteiger partial charge in [0.15, 0.2) is 0 Å². The van der Waals surface area contributed by atoms with E-state index in [1.165, 1.54) is 4.90 Å². The van der Waals surface area contributed by atoms with Crippen molar-refractivity contribution in [3.63, 3.8) is 0 Å². The smallest absolute Gasteiger partial charge is 0.249 e. The first-order chi connectivity index (χ1) is 13.0. The standard InChI is InChI=1S/C19H39N3O5/c1-16(2)18(19(24)21-10-8-6-5-7-9-20)22(3)17(23)15-27-14-13-26-12-11-25-4/h16,18H,5-15,20H2,1-4H3,(H,21,24). The Morgan fingerprint density at radius 3 is 2.26 bits per heavy atom. The highest BCUT2D eigenvalue weighted by molar-refractivity contribution is 5.88. The summed E-state index contributed by atoms with van der Waals surface area (Å²) in [5.74, 6) is -0.333. The molecule has 0 fully saturated rings. The summed E-state index contributed by atoms with van der Waals surface area (Å²) in [4.78, 5) is 26.3. The van der Waals surface area contributed by atoms with Crippen LogP contribution in [0.5, 0.6) is 0 Å². The summed E-state index contributed by atoms with van der Waals surface area (Å²) < 4.78 is 15.5. The van der Waals surface area contributed by atoms with Crippen molar-refractivity contribution >= 4 is 11.8 Å². The molecule has 1 unspecified atom stereocenters. The molecule has 0 spiro atoms. The van der Waals surface area contributed by atoms with Crippen LogP contribution in [0.2, 0.25) is 0 Å². The minimum absolute atomic E-state index is 0.00793. The van der Waals surface area contributed by atoms with Gasteiger partial charge in [0.2, 0.25) is 11.8 Å². The normalized spacial score (nSPS) is 12.2. The molecule has 0 aromatic rings. The summed E-state index contributed by atoms with van der Waals surface area (Å²) in [6, 6.07) is -0.511. The number of nitrogens with two attached hydrogens (primary N) is 1. The molecular weight excluding hydrogens is 350 g/mol. The van der Waals surface area contributed by atoms with Crippen LogP contribution in [0.3, 0.4) is 0 Å². The highest BCUT2D eigenvalue weighted by Gasteiger charge is 2.29. The van der Waals surface area contributed by atoms with Crippen LogP contribution in [-0.4, -0.2) is 83.0 Å². The van der Waals surface area contributed by atoms with Gasteiger partial charge >= 0.3 is 0 Å². The highest BCUT2D eigenvalue weighted by atomic mass is 16.5. The fraction of sp³-hybridized carbons (Fsp3) is 0.895. The van der Waals surface area contributed by atoms with Gasteiger partial charge < -0.3 is 30.2 Å². The molecule has 0 aliphatic rings. The van der Waals surface area contributed by atoms with Gasteiger partial charge in [0.25, 0.3) is 0 Å². The maximum Gasteiger partial charge on any atom is 0.249 e. The zero-order chi connectivity index (χ0) is 20.5. The van der Waals surface area contributed by atoms with Crippen LogP contribution in [0.15, 0.2) is 0 Å². The Morgan fingerprint density at radius 2 is 1.63 bits per heavy atom. The molecule has 0 bridgehead atoms. The van der Waals surface area contributed by atoms with Crippen molar-refractivity contribution < 1.29 is 23.8 Å². The van der Waals surface area contributed by atoms with Crippen LogP contribution in [0.1, 0.15) is 39.5 Å². The molecular formula is C19H39N3O5. The minimum Gasteiger partial charge on any atom is -0.382 e. The van der Waals surface area contributed by atoms with Crippen LogP contribution < -0.4 is 11.1 Å². The summed E-state index contributed by atoms with van der Waals surface area (Å²) in [5, 5.41) is 2.94. The first-order valence-corrected chi connectivity index (χ1v) is 9.83. The molecule has 0 radical (unpaired) electrons. The second-order valence-electron chi connectivity index (χ2n) is 6.85. The van der Waals surface area contributed by atoms with Gasteiger partial charge in [0, 0.05) is 20.7 Å². The largest absolute Gasteiger partial charge is 0.382 e. The van der Waals surface area contributed by atoms with Crippen LogP contribution in [0.4, 0.5) is 0 Å². The molecule has 0 saturated carbocycles. The Bertz CT molecular complexity index is 394. The van der Waals surface area contributed by atoms with Crippen molar-refractivity contribution in [2.75, 3.05) is 60.3 Å². The lowest BCUT2D eigenvalue weighted by molar-refractivity contribution is -0.144. The lowest BCUT2D eigenvalue weighted by Crippen LogP contribution is -2.51. The van der Waals surface area contributed by atoms with Gasteiger partial charge in [-0.15, -0.1) is 0 Å². The number of hydrogen-bond acceptors (Lipinski definition) is 6.